The quantitative estimate of drug-likeness (QED) is 0.609. The van der Waals surface area contributed by atoms with E-state index in [1.165, 1.54) is 38.3 Å². The van der Waals surface area contributed by atoms with Gasteiger partial charge in [-0.15, -0.1) is 0 Å². The molecule has 0 amide bonds. The Kier molecular flexibility index (Phi) is 6.25. The van der Waals surface area contributed by atoms with Gasteiger partial charge in [0.05, 0.1) is 12.0 Å². The van der Waals surface area contributed by atoms with E-state index in [0.29, 0.717) is 12.0 Å². The minimum atomic E-state index is -3.87. The third kappa shape index (κ3) is 4.38. The number of methoxy groups -OCH3 is 1. The minimum Gasteiger partial charge on any atom is -0.468 e. The van der Waals surface area contributed by atoms with Crippen LogP contribution < -0.4 is 4.72 Å². The second-order valence-corrected chi connectivity index (χ2v) is 6.80. The summed E-state index contributed by atoms with van der Waals surface area (Å²) < 4.78 is 31.8. The Bertz CT molecular complexity index is 636. The standard InChI is InChI=1S/C15H21NO5S/c1-5-10(2)14(15(18)21-4)16-22(19,20)13-8-6-12(7-9-13)11(3)17/h6-10,14,16H,5H2,1-4H3/t10-,14+/m1/s1. The molecule has 0 saturated heterocycles. The summed E-state index contributed by atoms with van der Waals surface area (Å²) in [6, 6.07) is 4.60. The fraction of sp³-hybridized carbons (Fsp3) is 0.467. The summed E-state index contributed by atoms with van der Waals surface area (Å²) in [5.74, 6) is -0.985. The highest BCUT2D eigenvalue weighted by Crippen LogP contribution is 2.16. The number of benzene rings is 1. The maximum absolute atomic E-state index is 12.4. The van der Waals surface area contributed by atoms with E-state index in [1.54, 1.807) is 6.92 Å². The van der Waals surface area contributed by atoms with Gasteiger partial charge in [-0.05, 0) is 25.0 Å². The van der Waals surface area contributed by atoms with E-state index < -0.39 is 22.0 Å². The molecule has 0 aliphatic heterocycles. The first-order chi connectivity index (χ1) is 10.2. The maximum Gasteiger partial charge on any atom is 0.324 e. The van der Waals surface area contributed by atoms with Crippen LogP contribution in [-0.2, 0) is 19.6 Å². The number of hydrogen-bond donors (Lipinski definition) is 1. The van der Waals surface area contributed by atoms with Gasteiger partial charge in [-0.3, -0.25) is 9.59 Å². The van der Waals surface area contributed by atoms with Crippen LogP contribution in [-0.4, -0.2) is 33.3 Å². The van der Waals surface area contributed by atoms with E-state index in [9.17, 15) is 18.0 Å². The topological polar surface area (TPSA) is 89.5 Å². The van der Waals surface area contributed by atoms with E-state index in [0.717, 1.165) is 0 Å². The number of ether oxygens (including phenoxy) is 1. The molecule has 22 heavy (non-hydrogen) atoms. The number of rotatable bonds is 7. The highest BCUT2D eigenvalue weighted by Gasteiger charge is 2.30. The zero-order valence-corrected chi connectivity index (χ0v) is 13.9. The Morgan fingerprint density at radius 2 is 1.77 bits per heavy atom. The summed E-state index contributed by atoms with van der Waals surface area (Å²) in [5, 5.41) is 0. The van der Waals surface area contributed by atoms with Crippen LogP contribution in [0.3, 0.4) is 0 Å². The molecule has 0 heterocycles. The molecular formula is C15H21NO5S. The zero-order chi connectivity index (χ0) is 16.9. The Morgan fingerprint density at radius 1 is 1.23 bits per heavy atom. The first kappa shape index (κ1) is 18.3. The molecule has 0 saturated carbocycles. The first-order valence-electron chi connectivity index (χ1n) is 6.94. The molecule has 1 N–H and O–H groups in total. The van der Waals surface area contributed by atoms with Gasteiger partial charge in [-0.2, -0.15) is 4.72 Å². The van der Waals surface area contributed by atoms with E-state index >= 15 is 0 Å². The lowest BCUT2D eigenvalue weighted by atomic mass is 10.0. The molecule has 0 aliphatic carbocycles. The lowest BCUT2D eigenvalue weighted by Crippen LogP contribution is -2.45. The molecular weight excluding hydrogens is 306 g/mol. The van der Waals surface area contributed by atoms with Gasteiger partial charge in [0.2, 0.25) is 10.0 Å². The van der Waals surface area contributed by atoms with Gasteiger partial charge in [0.1, 0.15) is 6.04 Å². The third-order valence-corrected chi connectivity index (χ3v) is 4.98. The Labute approximate surface area is 130 Å². The van der Waals surface area contributed by atoms with Crippen molar-refractivity contribution in [3.8, 4) is 0 Å². The summed E-state index contributed by atoms with van der Waals surface area (Å²) in [4.78, 5) is 23.0. The number of nitrogens with one attached hydrogen (secondary N) is 1. The SMILES string of the molecule is CC[C@@H](C)[C@H](NS(=O)(=O)c1ccc(C(C)=O)cc1)C(=O)OC. The number of hydrogen-bond acceptors (Lipinski definition) is 5. The fourth-order valence-corrected chi connectivity index (χ4v) is 3.16. The molecule has 0 aromatic heterocycles. The van der Waals surface area contributed by atoms with Crippen molar-refractivity contribution < 1.29 is 22.7 Å². The van der Waals surface area contributed by atoms with Gasteiger partial charge in [0.15, 0.2) is 5.78 Å². The molecule has 1 aromatic rings. The van der Waals surface area contributed by atoms with Gasteiger partial charge in [0, 0.05) is 5.56 Å². The van der Waals surface area contributed by atoms with Gasteiger partial charge < -0.3 is 4.74 Å². The second-order valence-electron chi connectivity index (χ2n) is 5.09. The highest BCUT2D eigenvalue weighted by atomic mass is 32.2. The number of Topliss-reactive ketones (excluding diaryl/α,β-unsaturated/α-hetero) is 1. The predicted molar refractivity (Wildman–Crippen MR) is 82.0 cm³/mol. The monoisotopic (exact) mass is 327 g/mol. The highest BCUT2D eigenvalue weighted by molar-refractivity contribution is 7.89. The molecule has 0 unspecified atom stereocenters. The molecule has 0 fully saturated rings. The molecule has 0 bridgehead atoms. The van der Waals surface area contributed by atoms with E-state index in [1.807, 2.05) is 6.92 Å². The molecule has 2 atom stereocenters. The first-order valence-corrected chi connectivity index (χ1v) is 8.42. The van der Waals surface area contributed by atoms with Gasteiger partial charge >= 0.3 is 5.97 Å². The van der Waals surface area contributed by atoms with Gasteiger partial charge in [0.25, 0.3) is 0 Å². The fourth-order valence-electron chi connectivity index (χ4n) is 1.86. The molecule has 0 aliphatic rings. The largest absolute Gasteiger partial charge is 0.468 e. The number of esters is 1. The van der Waals surface area contributed by atoms with Crippen LogP contribution in [0.15, 0.2) is 29.2 Å². The van der Waals surface area contributed by atoms with Crippen molar-refractivity contribution in [1.82, 2.24) is 4.72 Å². The molecule has 6 nitrogen and oxygen atoms in total. The molecule has 0 spiro atoms. The Morgan fingerprint density at radius 3 is 2.18 bits per heavy atom. The van der Waals surface area contributed by atoms with Crippen LogP contribution in [0, 0.1) is 5.92 Å². The van der Waals surface area contributed by atoms with Crippen LogP contribution in [0.4, 0.5) is 0 Å². The Hall–Kier alpha value is -1.73. The van der Waals surface area contributed by atoms with E-state index in [-0.39, 0.29) is 16.6 Å². The smallest absolute Gasteiger partial charge is 0.324 e. The van der Waals surface area contributed by atoms with Crippen molar-refractivity contribution in [2.24, 2.45) is 5.92 Å². The minimum absolute atomic E-state index is 0.00490. The summed E-state index contributed by atoms with van der Waals surface area (Å²) in [7, 11) is -2.66. The second kappa shape index (κ2) is 7.51. The number of carbonyl (C=O) groups is 2. The van der Waals surface area contributed by atoms with Crippen molar-refractivity contribution in [2.45, 2.75) is 38.1 Å². The molecule has 0 radical (unpaired) electrons. The zero-order valence-electron chi connectivity index (χ0n) is 13.1. The van der Waals surface area contributed by atoms with Crippen molar-refractivity contribution in [1.29, 1.82) is 0 Å². The molecule has 7 heteroatoms. The van der Waals surface area contributed by atoms with Gasteiger partial charge in [-0.25, -0.2) is 8.42 Å². The van der Waals surface area contributed by atoms with Crippen LogP contribution in [0.1, 0.15) is 37.6 Å². The lowest BCUT2D eigenvalue weighted by Gasteiger charge is -2.21. The average Bonchev–Trinajstić information content (AvgIpc) is 2.51. The number of ketones is 1. The molecule has 1 aromatic carbocycles. The van der Waals surface area contributed by atoms with Crippen molar-refractivity contribution in [2.75, 3.05) is 7.11 Å². The number of sulfonamides is 1. The van der Waals surface area contributed by atoms with Crippen LogP contribution in [0.5, 0.6) is 0 Å². The molecule has 1 rings (SSSR count). The van der Waals surface area contributed by atoms with Crippen LogP contribution >= 0.6 is 0 Å². The van der Waals surface area contributed by atoms with Gasteiger partial charge in [-0.1, -0.05) is 32.4 Å². The maximum atomic E-state index is 12.4. The van der Waals surface area contributed by atoms with Crippen molar-refractivity contribution >= 4 is 21.8 Å². The Balaban J connectivity index is 3.06. The summed E-state index contributed by atoms with van der Waals surface area (Å²) in [5.41, 5.74) is 0.422. The van der Waals surface area contributed by atoms with Crippen LogP contribution in [0.25, 0.3) is 0 Å². The van der Waals surface area contributed by atoms with E-state index in [2.05, 4.69) is 9.46 Å². The predicted octanol–water partition coefficient (Wildman–Crippen LogP) is 1.76. The number of carbonyl (C=O) groups excluding carboxylic acids is 2. The normalized spacial score (nSPS) is 14.2. The summed E-state index contributed by atoms with van der Waals surface area (Å²) in [6.07, 6.45) is 0.617. The molecule has 122 valence electrons. The average molecular weight is 327 g/mol. The third-order valence-electron chi connectivity index (χ3n) is 3.52. The van der Waals surface area contributed by atoms with E-state index in [4.69, 9.17) is 0 Å². The van der Waals surface area contributed by atoms with Crippen molar-refractivity contribution in [3.05, 3.63) is 29.8 Å². The summed E-state index contributed by atoms with van der Waals surface area (Å²) in [6.45, 7) is 5.03. The van der Waals surface area contributed by atoms with Crippen molar-refractivity contribution in [3.63, 3.8) is 0 Å². The lowest BCUT2D eigenvalue weighted by molar-refractivity contribution is -0.143. The summed E-state index contributed by atoms with van der Waals surface area (Å²) >= 11 is 0. The van der Waals surface area contributed by atoms with Crippen LogP contribution in [0.2, 0.25) is 0 Å².